The van der Waals surface area contributed by atoms with Crippen molar-refractivity contribution < 1.29 is 14.6 Å². The first-order valence-corrected chi connectivity index (χ1v) is 10.0. The standard InChI is InChI=1S/C24H19ClN4O3/c1-32-20-10-7-16(8-11-20)23-17(15-29(28-23)19-5-3-2-4-6-19)14-26-27-18-9-12-22(25)21(13-18)24(30)31/h2-15,27H,1H3,(H,30,31)/b26-14-. The number of hydrogen-bond donors (Lipinski definition) is 2. The number of aromatic carboxylic acids is 1. The molecule has 8 heteroatoms. The van der Waals surface area contributed by atoms with Gasteiger partial charge in [0.25, 0.3) is 0 Å². The van der Waals surface area contributed by atoms with Gasteiger partial charge >= 0.3 is 5.97 Å². The fraction of sp³-hybridized carbons (Fsp3) is 0.0417. The van der Waals surface area contributed by atoms with E-state index in [1.54, 1.807) is 24.1 Å². The van der Waals surface area contributed by atoms with Crippen LogP contribution in [0.25, 0.3) is 16.9 Å². The number of anilines is 1. The number of para-hydroxylation sites is 1. The quantitative estimate of drug-likeness (QED) is 0.295. The molecule has 1 heterocycles. The highest BCUT2D eigenvalue weighted by Gasteiger charge is 2.12. The summed E-state index contributed by atoms with van der Waals surface area (Å²) < 4.78 is 7.03. The highest BCUT2D eigenvalue weighted by atomic mass is 35.5. The van der Waals surface area contributed by atoms with Gasteiger partial charge in [0.2, 0.25) is 0 Å². The molecule has 0 amide bonds. The van der Waals surface area contributed by atoms with Crippen molar-refractivity contribution in [3.63, 3.8) is 0 Å². The molecule has 0 saturated carbocycles. The molecule has 2 N–H and O–H groups in total. The Morgan fingerprint density at radius 3 is 2.56 bits per heavy atom. The number of halogens is 1. The highest BCUT2D eigenvalue weighted by molar-refractivity contribution is 6.33. The van der Waals surface area contributed by atoms with E-state index in [1.807, 2.05) is 60.8 Å². The number of carboxylic acids is 1. The molecule has 0 aliphatic heterocycles. The molecule has 0 atom stereocenters. The molecule has 7 nitrogen and oxygen atoms in total. The van der Waals surface area contributed by atoms with Crippen molar-refractivity contribution in [2.24, 2.45) is 5.10 Å². The SMILES string of the molecule is COc1ccc(-c2nn(-c3ccccc3)cc2/C=N\Nc2ccc(Cl)c(C(=O)O)c2)cc1. The lowest BCUT2D eigenvalue weighted by atomic mass is 10.1. The van der Waals surface area contributed by atoms with E-state index in [0.29, 0.717) is 5.69 Å². The first kappa shape index (κ1) is 21.1. The zero-order chi connectivity index (χ0) is 22.5. The van der Waals surface area contributed by atoms with Crippen LogP contribution >= 0.6 is 11.6 Å². The summed E-state index contributed by atoms with van der Waals surface area (Å²) in [6.07, 6.45) is 3.52. The van der Waals surface area contributed by atoms with Crippen LogP contribution in [0.3, 0.4) is 0 Å². The average Bonchev–Trinajstić information content (AvgIpc) is 3.25. The average molecular weight is 447 g/mol. The Morgan fingerprint density at radius 1 is 1.12 bits per heavy atom. The maximum atomic E-state index is 11.3. The summed E-state index contributed by atoms with van der Waals surface area (Å²) in [5, 5.41) is 18.4. The molecule has 32 heavy (non-hydrogen) atoms. The van der Waals surface area contributed by atoms with Crippen LogP contribution < -0.4 is 10.2 Å². The second-order valence-corrected chi connectivity index (χ2v) is 7.22. The molecule has 1 aromatic heterocycles. The summed E-state index contributed by atoms with van der Waals surface area (Å²) in [4.78, 5) is 11.3. The summed E-state index contributed by atoms with van der Waals surface area (Å²) in [6.45, 7) is 0. The number of rotatable bonds is 7. The Bertz CT molecular complexity index is 1270. The van der Waals surface area contributed by atoms with Gasteiger partial charge in [-0.15, -0.1) is 0 Å². The number of carbonyl (C=O) groups is 1. The molecule has 0 spiro atoms. The number of aromatic nitrogens is 2. The van der Waals surface area contributed by atoms with E-state index in [-0.39, 0.29) is 10.6 Å². The molecule has 4 aromatic rings. The zero-order valence-electron chi connectivity index (χ0n) is 17.1. The van der Waals surface area contributed by atoms with Crippen molar-refractivity contribution in [3.8, 4) is 22.7 Å². The van der Waals surface area contributed by atoms with Crippen molar-refractivity contribution in [1.82, 2.24) is 9.78 Å². The van der Waals surface area contributed by atoms with Crippen LogP contribution in [0.15, 0.2) is 84.1 Å². The summed E-state index contributed by atoms with van der Waals surface area (Å²) in [7, 11) is 1.62. The Balaban J connectivity index is 1.66. The molecule has 0 saturated heterocycles. The molecule has 0 fully saturated rings. The van der Waals surface area contributed by atoms with Crippen LogP contribution in [0.5, 0.6) is 5.75 Å². The molecule has 0 unspecified atom stereocenters. The van der Waals surface area contributed by atoms with E-state index in [2.05, 4.69) is 10.5 Å². The Hall–Kier alpha value is -4.10. The predicted molar refractivity (Wildman–Crippen MR) is 125 cm³/mol. The van der Waals surface area contributed by atoms with Gasteiger partial charge in [-0.25, -0.2) is 9.48 Å². The van der Waals surface area contributed by atoms with Crippen molar-refractivity contribution in [2.45, 2.75) is 0 Å². The third-order valence-corrected chi connectivity index (χ3v) is 5.05. The van der Waals surface area contributed by atoms with Gasteiger partial charge in [-0.3, -0.25) is 5.43 Å². The molecule has 160 valence electrons. The monoisotopic (exact) mass is 446 g/mol. The first-order valence-electron chi connectivity index (χ1n) is 9.66. The summed E-state index contributed by atoms with van der Waals surface area (Å²) in [5.74, 6) is -0.348. The maximum Gasteiger partial charge on any atom is 0.337 e. The zero-order valence-corrected chi connectivity index (χ0v) is 17.8. The minimum atomic E-state index is -1.10. The second-order valence-electron chi connectivity index (χ2n) is 6.81. The van der Waals surface area contributed by atoms with E-state index in [4.69, 9.17) is 21.4 Å². The van der Waals surface area contributed by atoms with E-state index >= 15 is 0 Å². The molecule has 0 aliphatic rings. The predicted octanol–water partition coefficient (Wildman–Crippen LogP) is 5.35. The van der Waals surface area contributed by atoms with Gasteiger partial charge in [0.1, 0.15) is 11.4 Å². The third kappa shape index (κ3) is 4.63. The van der Waals surface area contributed by atoms with Crippen molar-refractivity contribution in [1.29, 1.82) is 0 Å². The minimum Gasteiger partial charge on any atom is -0.497 e. The lowest BCUT2D eigenvalue weighted by molar-refractivity contribution is 0.0697. The van der Waals surface area contributed by atoms with Crippen molar-refractivity contribution in [2.75, 3.05) is 12.5 Å². The summed E-state index contributed by atoms with van der Waals surface area (Å²) in [6, 6.07) is 22.0. The number of hydrogen-bond acceptors (Lipinski definition) is 5. The topological polar surface area (TPSA) is 88.7 Å². The normalized spacial score (nSPS) is 10.9. The van der Waals surface area contributed by atoms with Gasteiger partial charge in [-0.05, 0) is 54.6 Å². The van der Waals surface area contributed by atoms with Gasteiger partial charge in [-0.2, -0.15) is 10.2 Å². The number of carboxylic acid groups (broad SMARTS) is 1. The van der Waals surface area contributed by atoms with Crippen LogP contribution in [0, 0.1) is 0 Å². The van der Waals surface area contributed by atoms with Crippen LogP contribution in [0.2, 0.25) is 5.02 Å². The van der Waals surface area contributed by atoms with Gasteiger partial charge in [0.15, 0.2) is 0 Å². The van der Waals surface area contributed by atoms with Gasteiger partial charge in [0.05, 0.1) is 35.3 Å². The van der Waals surface area contributed by atoms with Crippen LogP contribution in [-0.2, 0) is 0 Å². The number of benzene rings is 3. The van der Waals surface area contributed by atoms with E-state index in [9.17, 15) is 9.90 Å². The highest BCUT2D eigenvalue weighted by Crippen LogP contribution is 2.25. The largest absolute Gasteiger partial charge is 0.497 e. The molecule has 3 aromatic carbocycles. The number of ether oxygens (including phenoxy) is 1. The van der Waals surface area contributed by atoms with Crippen LogP contribution in [0.1, 0.15) is 15.9 Å². The number of nitrogens with one attached hydrogen (secondary N) is 1. The molecule has 0 bridgehead atoms. The number of methoxy groups -OCH3 is 1. The fourth-order valence-electron chi connectivity index (χ4n) is 3.10. The van der Waals surface area contributed by atoms with Gasteiger partial charge in [0, 0.05) is 17.3 Å². The second kappa shape index (κ2) is 9.36. The summed E-state index contributed by atoms with van der Waals surface area (Å²) in [5.41, 5.74) is 6.70. The third-order valence-electron chi connectivity index (χ3n) is 4.72. The number of nitrogens with zero attached hydrogens (tertiary/aromatic N) is 3. The van der Waals surface area contributed by atoms with E-state index in [0.717, 1.165) is 28.3 Å². The molecular weight excluding hydrogens is 428 g/mol. The Kier molecular flexibility index (Phi) is 6.19. The first-order chi connectivity index (χ1) is 15.5. The lowest BCUT2D eigenvalue weighted by Crippen LogP contribution is -1.99. The molecule has 4 rings (SSSR count). The van der Waals surface area contributed by atoms with Crippen LogP contribution in [-0.4, -0.2) is 34.2 Å². The lowest BCUT2D eigenvalue weighted by Gasteiger charge is -2.04. The Labute approximate surface area is 189 Å². The Morgan fingerprint density at radius 2 is 1.88 bits per heavy atom. The van der Waals surface area contributed by atoms with Crippen molar-refractivity contribution >= 4 is 29.5 Å². The van der Waals surface area contributed by atoms with Crippen molar-refractivity contribution in [3.05, 3.63) is 95.1 Å². The molecule has 0 radical (unpaired) electrons. The van der Waals surface area contributed by atoms with Gasteiger partial charge in [-0.1, -0.05) is 29.8 Å². The van der Waals surface area contributed by atoms with E-state index in [1.165, 1.54) is 12.1 Å². The van der Waals surface area contributed by atoms with Gasteiger partial charge < -0.3 is 9.84 Å². The van der Waals surface area contributed by atoms with Crippen LogP contribution in [0.4, 0.5) is 5.69 Å². The minimum absolute atomic E-state index is 0.00249. The smallest absolute Gasteiger partial charge is 0.337 e. The number of hydrazone groups is 1. The fourth-order valence-corrected chi connectivity index (χ4v) is 3.30. The summed E-state index contributed by atoms with van der Waals surface area (Å²) >= 11 is 5.93. The van der Waals surface area contributed by atoms with E-state index < -0.39 is 5.97 Å². The molecular formula is C24H19ClN4O3. The maximum absolute atomic E-state index is 11.3. The molecule has 0 aliphatic carbocycles.